The number of rotatable bonds is 2. The van der Waals surface area contributed by atoms with Crippen LogP contribution in [0.5, 0.6) is 11.5 Å². The van der Waals surface area contributed by atoms with Crippen molar-refractivity contribution in [2.75, 3.05) is 4.90 Å². The van der Waals surface area contributed by atoms with Gasteiger partial charge in [0.25, 0.3) is 0 Å². The van der Waals surface area contributed by atoms with Gasteiger partial charge in [0.15, 0.2) is 11.5 Å². The standard InChI is InChI=1S/C19H13NO2/c21-13-20-16-10-4-5-11-17(16)22-18-12-6-9-15(19(18)20)14-7-2-1-3-8-14/h1-13H. The predicted molar refractivity (Wildman–Crippen MR) is 86.6 cm³/mol. The molecule has 1 aliphatic rings. The molecule has 0 N–H and O–H groups in total. The molecule has 106 valence electrons. The minimum atomic E-state index is 0.687. The molecule has 0 saturated carbocycles. The number of para-hydroxylation sites is 3. The lowest BCUT2D eigenvalue weighted by Crippen LogP contribution is -2.19. The first-order valence-electron chi connectivity index (χ1n) is 7.08. The molecular formula is C19H13NO2. The van der Waals surface area contributed by atoms with Crippen LogP contribution in [0.1, 0.15) is 0 Å². The Morgan fingerprint density at radius 1 is 0.773 bits per heavy atom. The summed E-state index contributed by atoms with van der Waals surface area (Å²) in [6.45, 7) is 0. The van der Waals surface area contributed by atoms with Gasteiger partial charge in [-0.3, -0.25) is 9.69 Å². The Hall–Kier alpha value is -3.07. The lowest BCUT2D eigenvalue weighted by Gasteiger charge is -2.30. The molecular weight excluding hydrogens is 274 g/mol. The van der Waals surface area contributed by atoms with Crippen LogP contribution < -0.4 is 9.64 Å². The molecule has 0 radical (unpaired) electrons. The largest absolute Gasteiger partial charge is 0.453 e. The zero-order chi connectivity index (χ0) is 14.9. The van der Waals surface area contributed by atoms with Gasteiger partial charge in [-0.25, -0.2) is 0 Å². The molecule has 1 amide bonds. The van der Waals surface area contributed by atoms with E-state index >= 15 is 0 Å². The Morgan fingerprint density at radius 2 is 1.50 bits per heavy atom. The molecule has 3 nitrogen and oxygen atoms in total. The second-order valence-corrected chi connectivity index (χ2v) is 5.06. The van der Waals surface area contributed by atoms with E-state index in [-0.39, 0.29) is 0 Å². The van der Waals surface area contributed by atoms with Crippen molar-refractivity contribution in [1.82, 2.24) is 0 Å². The summed E-state index contributed by atoms with van der Waals surface area (Å²) in [6.07, 6.45) is 0.840. The van der Waals surface area contributed by atoms with Gasteiger partial charge in [-0.15, -0.1) is 0 Å². The molecule has 0 atom stereocenters. The van der Waals surface area contributed by atoms with Gasteiger partial charge in [0.2, 0.25) is 6.41 Å². The van der Waals surface area contributed by atoms with Crippen molar-refractivity contribution < 1.29 is 9.53 Å². The Balaban J connectivity index is 1.96. The molecule has 0 fully saturated rings. The zero-order valence-corrected chi connectivity index (χ0v) is 11.8. The van der Waals surface area contributed by atoms with E-state index in [1.807, 2.05) is 72.8 Å². The quantitative estimate of drug-likeness (QED) is 0.636. The first kappa shape index (κ1) is 12.7. The smallest absolute Gasteiger partial charge is 0.218 e. The number of ether oxygens (including phenoxy) is 1. The van der Waals surface area contributed by atoms with Crippen LogP contribution in [0.4, 0.5) is 11.4 Å². The second-order valence-electron chi connectivity index (χ2n) is 5.06. The van der Waals surface area contributed by atoms with Gasteiger partial charge < -0.3 is 4.74 Å². The van der Waals surface area contributed by atoms with Crippen molar-refractivity contribution in [2.45, 2.75) is 0 Å². The fourth-order valence-corrected chi connectivity index (χ4v) is 2.79. The van der Waals surface area contributed by atoms with E-state index in [2.05, 4.69) is 0 Å². The van der Waals surface area contributed by atoms with E-state index in [4.69, 9.17) is 4.74 Å². The first-order chi connectivity index (χ1) is 10.9. The summed E-state index contributed by atoms with van der Waals surface area (Å²) in [4.78, 5) is 13.4. The molecule has 0 aromatic heterocycles. The summed E-state index contributed by atoms with van der Waals surface area (Å²) in [6, 6.07) is 23.4. The van der Waals surface area contributed by atoms with Crippen molar-refractivity contribution in [3.05, 3.63) is 72.8 Å². The summed E-state index contributed by atoms with van der Waals surface area (Å²) < 4.78 is 5.97. The molecule has 3 heteroatoms. The second kappa shape index (κ2) is 5.04. The van der Waals surface area contributed by atoms with Crippen LogP contribution in [-0.2, 0) is 4.79 Å². The molecule has 3 aromatic rings. The van der Waals surface area contributed by atoms with Gasteiger partial charge in [0.1, 0.15) is 0 Å². The number of fused-ring (bicyclic) bond motifs is 2. The highest BCUT2D eigenvalue weighted by molar-refractivity contribution is 5.99. The number of nitrogens with zero attached hydrogens (tertiary/aromatic N) is 1. The van der Waals surface area contributed by atoms with Crippen molar-refractivity contribution >= 4 is 17.8 Å². The highest BCUT2D eigenvalue weighted by atomic mass is 16.5. The summed E-state index contributed by atoms with van der Waals surface area (Å²) in [5.74, 6) is 1.37. The van der Waals surface area contributed by atoms with E-state index in [0.717, 1.165) is 28.9 Å². The van der Waals surface area contributed by atoms with Crippen LogP contribution in [0.2, 0.25) is 0 Å². The topological polar surface area (TPSA) is 29.5 Å². The van der Waals surface area contributed by atoms with Gasteiger partial charge in [-0.1, -0.05) is 54.6 Å². The maximum atomic E-state index is 11.7. The van der Waals surface area contributed by atoms with Gasteiger partial charge in [-0.2, -0.15) is 0 Å². The van der Waals surface area contributed by atoms with E-state index in [1.165, 1.54) is 0 Å². The average molecular weight is 287 g/mol. The molecule has 22 heavy (non-hydrogen) atoms. The monoisotopic (exact) mass is 287 g/mol. The molecule has 0 spiro atoms. The molecule has 0 aliphatic carbocycles. The number of anilines is 2. The van der Waals surface area contributed by atoms with Crippen LogP contribution >= 0.6 is 0 Å². The summed E-state index contributed by atoms with van der Waals surface area (Å²) in [7, 11) is 0. The molecule has 4 rings (SSSR count). The van der Waals surface area contributed by atoms with Crippen LogP contribution in [0.25, 0.3) is 11.1 Å². The maximum absolute atomic E-state index is 11.7. The Morgan fingerprint density at radius 3 is 2.32 bits per heavy atom. The molecule has 0 unspecified atom stereocenters. The van der Waals surface area contributed by atoms with E-state index < -0.39 is 0 Å². The van der Waals surface area contributed by atoms with Gasteiger partial charge in [0, 0.05) is 5.56 Å². The van der Waals surface area contributed by atoms with E-state index in [1.54, 1.807) is 4.90 Å². The summed E-state index contributed by atoms with van der Waals surface area (Å²) >= 11 is 0. The maximum Gasteiger partial charge on any atom is 0.218 e. The number of amides is 1. The third-order valence-corrected chi connectivity index (χ3v) is 3.77. The van der Waals surface area contributed by atoms with Crippen molar-refractivity contribution in [3.8, 4) is 22.6 Å². The Kier molecular flexibility index (Phi) is 2.90. The van der Waals surface area contributed by atoms with Gasteiger partial charge in [-0.05, 0) is 23.8 Å². The summed E-state index contributed by atoms with van der Waals surface area (Å²) in [5, 5.41) is 0. The Bertz CT molecular complexity index is 843. The average Bonchev–Trinajstić information content (AvgIpc) is 2.60. The highest BCUT2D eigenvalue weighted by Crippen LogP contribution is 2.49. The van der Waals surface area contributed by atoms with Crippen LogP contribution in [0.3, 0.4) is 0 Å². The summed E-state index contributed by atoms with van der Waals surface area (Å²) in [5.41, 5.74) is 3.56. The lowest BCUT2D eigenvalue weighted by atomic mass is 10.0. The molecule has 0 saturated heterocycles. The van der Waals surface area contributed by atoms with Crippen LogP contribution in [0.15, 0.2) is 72.8 Å². The van der Waals surface area contributed by atoms with Crippen LogP contribution in [-0.4, -0.2) is 6.41 Å². The number of hydrogen-bond acceptors (Lipinski definition) is 2. The molecule has 0 bridgehead atoms. The fourth-order valence-electron chi connectivity index (χ4n) is 2.79. The van der Waals surface area contributed by atoms with E-state index in [0.29, 0.717) is 11.5 Å². The van der Waals surface area contributed by atoms with Crippen LogP contribution in [0, 0.1) is 0 Å². The number of benzene rings is 3. The third kappa shape index (κ3) is 1.87. The van der Waals surface area contributed by atoms with Crippen molar-refractivity contribution in [2.24, 2.45) is 0 Å². The van der Waals surface area contributed by atoms with Crippen molar-refractivity contribution in [3.63, 3.8) is 0 Å². The minimum Gasteiger partial charge on any atom is -0.453 e. The number of carbonyl (C=O) groups excluding carboxylic acids is 1. The van der Waals surface area contributed by atoms with Crippen molar-refractivity contribution in [1.29, 1.82) is 0 Å². The lowest BCUT2D eigenvalue weighted by molar-refractivity contribution is -0.106. The fraction of sp³-hybridized carbons (Fsp3) is 0. The SMILES string of the molecule is O=CN1c2ccccc2Oc2cccc(-c3ccccc3)c21. The predicted octanol–water partition coefficient (Wildman–Crippen LogP) is 4.75. The zero-order valence-electron chi connectivity index (χ0n) is 11.8. The molecule has 3 aromatic carbocycles. The normalized spacial score (nSPS) is 12.1. The number of hydrogen-bond donors (Lipinski definition) is 0. The Labute approximate surface area is 128 Å². The van der Waals surface area contributed by atoms with E-state index in [9.17, 15) is 4.79 Å². The minimum absolute atomic E-state index is 0.687. The third-order valence-electron chi connectivity index (χ3n) is 3.77. The molecule has 1 heterocycles. The molecule has 1 aliphatic heterocycles. The van der Waals surface area contributed by atoms with Gasteiger partial charge in [0.05, 0.1) is 11.4 Å². The highest BCUT2D eigenvalue weighted by Gasteiger charge is 2.26. The number of carbonyl (C=O) groups is 1. The first-order valence-corrected chi connectivity index (χ1v) is 7.08. The van der Waals surface area contributed by atoms with Gasteiger partial charge >= 0.3 is 0 Å².